The van der Waals surface area contributed by atoms with Crippen LogP contribution in [0, 0.1) is 12.7 Å². The van der Waals surface area contributed by atoms with Gasteiger partial charge in [-0.15, -0.1) is 0 Å². The van der Waals surface area contributed by atoms with Crippen molar-refractivity contribution in [2.45, 2.75) is 45.1 Å². The Labute approximate surface area is 130 Å². The van der Waals surface area contributed by atoms with E-state index >= 15 is 0 Å². The third-order valence-electron chi connectivity index (χ3n) is 4.26. The van der Waals surface area contributed by atoms with Crippen LogP contribution in [0.25, 0.3) is 0 Å². The molecule has 0 saturated carbocycles. The number of aryl methyl sites for hydroxylation is 1. The largest absolute Gasteiger partial charge is 0.496 e. The molecule has 1 amide bonds. The Morgan fingerprint density at radius 3 is 2.45 bits per heavy atom. The van der Waals surface area contributed by atoms with Gasteiger partial charge >= 0.3 is 0 Å². The summed E-state index contributed by atoms with van der Waals surface area (Å²) in [4.78, 5) is 13.7. The normalized spacial score (nSPS) is 16.7. The van der Waals surface area contributed by atoms with Crippen LogP contribution in [0.3, 0.4) is 0 Å². The standard InChI is InChI=1S/C17H24FNO3/c1-11-9-13(14(18)10-15(11)22-4)12-5-7-19(8-6-12)16(20)17(2,3)21/h9-10,12,21H,5-8H2,1-4H3. The molecule has 1 aromatic carbocycles. The lowest BCUT2D eigenvalue weighted by molar-refractivity contribution is -0.148. The second-order valence-corrected chi connectivity index (χ2v) is 6.47. The van der Waals surface area contributed by atoms with E-state index in [0.29, 0.717) is 37.2 Å². The number of ether oxygens (including phenoxy) is 1. The topological polar surface area (TPSA) is 49.8 Å². The Balaban J connectivity index is 2.09. The van der Waals surface area contributed by atoms with Gasteiger partial charge in [0.2, 0.25) is 0 Å². The Morgan fingerprint density at radius 2 is 1.95 bits per heavy atom. The molecule has 1 aliphatic heterocycles. The van der Waals surface area contributed by atoms with E-state index in [0.717, 1.165) is 5.56 Å². The third kappa shape index (κ3) is 3.40. The zero-order valence-electron chi connectivity index (χ0n) is 13.6. The third-order valence-corrected chi connectivity index (χ3v) is 4.26. The van der Waals surface area contributed by atoms with Crippen molar-refractivity contribution in [2.24, 2.45) is 0 Å². The van der Waals surface area contributed by atoms with Crippen LogP contribution in [0.2, 0.25) is 0 Å². The summed E-state index contributed by atoms with van der Waals surface area (Å²) in [5, 5.41) is 9.79. The first-order chi connectivity index (χ1) is 10.2. The fourth-order valence-corrected chi connectivity index (χ4v) is 3.00. The van der Waals surface area contributed by atoms with Crippen molar-refractivity contribution in [3.05, 3.63) is 29.1 Å². The quantitative estimate of drug-likeness (QED) is 0.934. The maximum absolute atomic E-state index is 14.2. The number of likely N-dealkylation sites (tertiary alicyclic amines) is 1. The number of nitrogens with zero attached hydrogens (tertiary/aromatic N) is 1. The van der Waals surface area contributed by atoms with Gasteiger partial charge in [0.05, 0.1) is 7.11 Å². The summed E-state index contributed by atoms with van der Waals surface area (Å²) in [6, 6.07) is 3.27. The van der Waals surface area contributed by atoms with Gasteiger partial charge in [0.25, 0.3) is 5.91 Å². The second kappa shape index (κ2) is 6.24. The fourth-order valence-electron chi connectivity index (χ4n) is 3.00. The van der Waals surface area contributed by atoms with E-state index in [4.69, 9.17) is 4.74 Å². The van der Waals surface area contributed by atoms with Gasteiger partial charge in [-0.2, -0.15) is 0 Å². The molecule has 1 saturated heterocycles. The molecular weight excluding hydrogens is 285 g/mol. The highest BCUT2D eigenvalue weighted by Crippen LogP contribution is 2.33. The van der Waals surface area contributed by atoms with Crippen LogP contribution in [-0.4, -0.2) is 41.7 Å². The van der Waals surface area contributed by atoms with Gasteiger partial charge in [0, 0.05) is 19.2 Å². The number of hydrogen-bond acceptors (Lipinski definition) is 3. The van der Waals surface area contributed by atoms with Gasteiger partial charge in [-0.05, 0) is 56.7 Å². The molecule has 0 radical (unpaired) electrons. The lowest BCUT2D eigenvalue weighted by Crippen LogP contribution is -2.48. The lowest BCUT2D eigenvalue weighted by atomic mass is 9.87. The Bertz CT molecular complexity index is 558. The van der Waals surface area contributed by atoms with E-state index in [2.05, 4.69) is 0 Å². The van der Waals surface area contributed by atoms with Crippen LogP contribution in [0.1, 0.15) is 43.7 Å². The summed E-state index contributed by atoms with van der Waals surface area (Å²) < 4.78 is 19.4. The van der Waals surface area contributed by atoms with Gasteiger partial charge in [-0.1, -0.05) is 0 Å². The molecule has 0 unspecified atom stereocenters. The number of hydrogen-bond donors (Lipinski definition) is 1. The number of halogens is 1. The highest BCUT2D eigenvalue weighted by Gasteiger charge is 2.33. The van der Waals surface area contributed by atoms with Gasteiger partial charge in [0.15, 0.2) is 0 Å². The summed E-state index contributed by atoms with van der Waals surface area (Å²) in [5.41, 5.74) is 0.247. The van der Waals surface area contributed by atoms with Crippen LogP contribution in [0.5, 0.6) is 5.75 Å². The molecule has 5 heteroatoms. The highest BCUT2D eigenvalue weighted by molar-refractivity contribution is 5.84. The van der Waals surface area contributed by atoms with E-state index in [1.54, 1.807) is 4.90 Å². The Morgan fingerprint density at radius 1 is 1.36 bits per heavy atom. The van der Waals surface area contributed by atoms with E-state index in [-0.39, 0.29) is 17.6 Å². The summed E-state index contributed by atoms with van der Waals surface area (Å²) >= 11 is 0. The molecule has 1 fully saturated rings. The van der Waals surface area contributed by atoms with Crippen molar-refractivity contribution in [3.63, 3.8) is 0 Å². The molecule has 0 aromatic heterocycles. The summed E-state index contributed by atoms with van der Waals surface area (Å²) in [5.74, 6) is 0.124. The highest BCUT2D eigenvalue weighted by atomic mass is 19.1. The number of rotatable bonds is 3. The molecule has 1 heterocycles. The number of aliphatic hydroxyl groups is 1. The monoisotopic (exact) mass is 309 g/mol. The molecule has 2 rings (SSSR count). The van der Waals surface area contributed by atoms with Gasteiger partial charge in [-0.3, -0.25) is 4.79 Å². The van der Waals surface area contributed by atoms with Crippen LogP contribution in [-0.2, 0) is 4.79 Å². The first-order valence-electron chi connectivity index (χ1n) is 7.60. The first-order valence-corrected chi connectivity index (χ1v) is 7.60. The SMILES string of the molecule is COc1cc(F)c(C2CCN(C(=O)C(C)(C)O)CC2)cc1C. The number of carbonyl (C=O) groups excluding carboxylic acids is 1. The smallest absolute Gasteiger partial charge is 0.253 e. The predicted molar refractivity (Wildman–Crippen MR) is 82.5 cm³/mol. The molecule has 0 spiro atoms. The minimum Gasteiger partial charge on any atom is -0.496 e. The minimum atomic E-state index is -1.35. The molecule has 0 bridgehead atoms. The average molecular weight is 309 g/mol. The average Bonchev–Trinajstić information content (AvgIpc) is 2.47. The van der Waals surface area contributed by atoms with E-state index in [9.17, 15) is 14.3 Å². The lowest BCUT2D eigenvalue weighted by Gasteiger charge is -2.35. The van der Waals surface area contributed by atoms with Crippen LogP contribution in [0.4, 0.5) is 4.39 Å². The molecule has 0 aliphatic carbocycles. The zero-order chi connectivity index (χ0) is 16.5. The van der Waals surface area contributed by atoms with Crippen molar-refractivity contribution >= 4 is 5.91 Å². The van der Waals surface area contributed by atoms with Gasteiger partial charge < -0.3 is 14.7 Å². The van der Waals surface area contributed by atoms with Gasteiger partial charge in [-0.25, -0.2) is 4.39 Å². The van der Waals surface area contributed by atoms with Crippen molar-refractivity contribution in [3.8, 4) is 5.75 Å². The molecule has 1 aliphatic rings. The number of carbonyl (C=O) groups is 1. The number of piperidine rings is 1. The number of methoxy groups -OCH3 is 1. The Hall–Kier alpha value is -1.62. The van der Waals surface area contributed by atoms with E-state index in [1.165, 1.54) is 27.0 Å². The first kappa shape index (κ1) is 16.7. The molecular formula is C17H24FNO3. The van der Waals surface area contributed by atoms with Crippen molar-refractivity contribution in [1.82, 2.24) is 4.90 Å². The van der Waals surface area contributed by atoms with Gasteiger partial charge in [0.1, 0.15) is 17.2 Å². The number of amides is 1. The maximum Gasteiger partial charge on any atom is 0.253 e. The zero-order valence-corrected chi connectivity index (χ0v) is 13.6. The predicted octanol–water partition coefficient (Wildman–Crippen LogP) is 2.62. The van der Waals surface area contributed by atoms with Crippen LogP contribution < -0.4 is 4.74 Å². The molecule has 4 nitrogen and oxygen atoms in total. The maximum atomic E-state index is 14.2. The van der Waals surface area contributed by atoms with Crippen LogP contribution in [0.15, 0.2) is 12.1 Å². The van der Waals surface area contributed by atoms with E-state index < -0.39 is 5.60 Å². The fraction of sp³-hybridized carbons (Fsp3) is 0.588. The molecule has 122 valence electrons. The molecule has 0 atom stereocenters. The number of benzene rings is 1. The molecule has 22 heavy (non-hydrogen) atoms. The Kier molecular flexibility index (Phi) is 4.75. The van der Waals surface area contributed by atoms with Crippen molar-refractivity contribution < 1.29 is 19.0 Å². The second-order valence-electron chi connectivity index (χ2n) is 6.47. The van der Waals surface area contributed by atoms with E-state index in [1.807, 2.05) is 13.0 Å². The minimum absolute atomic E-state index is 0.0930. The molecule has 1 N–H and O–H groups in total. The molecule has 1 aromatic rings. The van der Waals surface area contributed by atoms with Crippen molar-refractivity contribution in [1.29, 1.82) is 0 Å². The summed E-state index contributed by atoms with van der Waals surface area (Å²) in [6.45, 7) is 5.96. The summed E-state index contributed by atoms with van der Waals surface area (Å²) in [7, 11) is 1.53. The van der Waals surface area contributed by atoms with Crippen LogP contribution >= 0.6 is 0 Å². The van der Waals surface area contributed by atoms with Crippen molar-refractivity contribution in [2.75, 3.05) is 20.2 Å². The summed E-state index contributed by atoms with van der Waals surface area (Å²) in [6.07, 6.45) is 1.40.